The summed E-state index contributed by atoms with van der Waals surface area (Å²) in [5.41, 5.74) is 4.09. The predicted molar refractivity (Wildman–Crippen MR) is 142 cm³/mol. The largest absolute Gasteiger partial charge is 0.485 e. The summed E-state index contributed by atoms with van der Waals surface area (Å²) in [5.74, 6) is 1.73. The molecule has 1 heterocycles. The van der Waals surface area contributed by atoms with Crippen molar-refractivity contribution in [1.82, 2.24) is 14.8 Å². The minimum atomic E-state index is -0.0786. The molecule has 6 nitrogen and oxygen atoms in total. The average Bonchev–Trinajstić information content (AvgIpc) is 3.24. The third-order valence-electron chi connectivity index (χ3n) is 5.94. The van der Waals surface area contributed by atoms with Gasteiger partial charge in [0.1, 0.15) is 12.4 Å². The molecule has 0 saturated carbocycles. The highest BCUT2D eigenvalue weighted by atomic mass is 79.9. The van der Waals surface area contributed by atoms with Crippen LogP contribution >= 0.6 is 27.7 Å². The summed E-state index contributed by atoms with van der Waals surface area (Å²) in [5, 5.41) is 14.7. The topological polar surface area (TPSA) is 69.0 Å². The molecule has 0 aliphatic carbocycles. The number of thioether (sulfide) groups is 1. The molecule has 1 N–H and O–H groups in total. The van der Waals surface area contributed by atoms with Gasteiger partial charge in [-0.25, -0.2) is 0 Å². The van der Waals surface area contributed by atoms with E-state index in [-0.39, 0.29) is 11.7 Å². The van der Waals surface area contributed by atoms with Crippen molar-refractivity contribution in [3.05, 3.63) is 75.5 Å². The summed E-state index contributed by atoms with van der Waals surface area (Å²) in [4.78, 5) is 12.6. The SMILES string of the molecule is CCn1c(COc2ccc3ccccc3c2C)nnc1SCC(=O)Nc1ccc(Br)c(C)c1C. The molecule has 8 heteroatoms. The van der Waals surface area contributed by atoms with E-state index in [0.717, 1.165) is 38.4 Å². The number of aromatic nitrogens is 3. The van der Waals surface area contributed by atoms with Gasteiger partial charge < -0.3 is 14.6 Å². The summed E-state index contributed by atoms with van der Waals surface area (Å²) in [6, 6.07) is 16.2. The summed E-state index contributed by atoms with van der Waals surface area (Å²) in [7, 11) is 0. The first-order valence-corrected chi connectivity index (χ1v) is 12.9. The number of hydrogen-bond donors (Lipinski definition) is 1. The molecule has 0 fully saturated rings. The summed E-state index contributed by atoms with van der Waals surface area (Å²) in [6.45, 7) is 9.13. The van der Waals surface area contributed by atoms with E-state index in [4.69, 9.17) is 4.74 Å². The number of hydrogen-bond acceptors (Lipinski definition) is 5. The summed E-state index contributed by atoms with van der Waals surface area (Å²) in [6.07, 6.45) is 0. The van der Waals surface area contributed by atoms with Gasteiger partial charge in [-0.15, -0.1) is 10.2 Å². The normalized spacial score (nSPS) is 11.1. The first-order valence-electron chi connectivity index (χ1n) is 11.1. The van der Waals surface area contributed by atoms with Gasteiger partial charge in [-0.1, -0.05) is 58.0 Å². The Labute approximate surface area is 212 Å². The van der Waals surface area contributed by atoms with Crippen LogP contribution in [0.2, 0.25) is 0 Å². The zero-order valence-electron chi connectivity index (χ0n) is 19.7. The first-order chi connectivity index (χ1) is 16.4. The number of carbonyl (C=O) groups is 1. The van der Waals surface area contributed by atoms with Gasteiger partial charge in [-0.2, -0.15) is 0 Å². The van der Waals surface area contributed by atoms with Crippen LogP contribution in [0.1, 0.15) is 29.4 Å². The van der Waals surface area contributed by atoms with Crippen molar-refractivity contribution >= 4 is 50.1 Å². The standard InChI is InChI=1S/C26H27BrN4O2S/c1-5-31-24(14-33-23-13-10-19-8-6-7-9-20(19)18(23)4)29-30-26(31)34-15-25(32)28-22-12-11-21(27)16(2)17(22)3/h6-13H,5,14-15H2,1-4H3,(H,28,32). The molecule has 0 unspecified atom stereocenters. The number of ether oxygens (including phenoxy) is 1. The lowest BCUT2D eigenvalue weighted by molar-refractivity contribution is -0.113. The molecule has 0 saturated heterocycles. The molecule has 34 heavy (non-hydrogen) atoms. The molecule has 176 valence electrons. The Hall–Kier alpha value is -2.84. The van der Waals surface area contributed by atoms with Crippen LogP contribution in [0.3, 0.4) is 0 Å². The summed E-state index contributed by atoms with van der Waals surface area (Å²) < 4.78 is 9.13. The Morgan fingerprint density at radius 1 is 1.03 bits per heavy atom. The van der Waals surface area contributed by atoms with Crippen molar-refractivity contribution in [2.24, 2.45) is 0 Å². The Bertz CT molecular complexity index is 1350. The molecule has 0 spiro atoms. The smallest absolute Gasteiger partial charge is 0.234 e. The number of nitrogens with zero attached hydrogens (tertiary/aromatic N) is 3. The Kier molecular flexibility index (Phi) is 7.58. The van der Waals surface area contributed by atoms with E-state index in [0.29, 0.717) is 18.3 Å². The number of benzene rings is 3. The second-order valence-corrected chi connectivity index (χ2v) is 9.82. The van der Waals surface area contributed by atoms with Gasteiger partial charge in [0.2, 0.25) is 5.91 Å². The van der Waals surface area contributed by atoms with E-state index in [1.165, 1.54) is 22.5 Å². The van der Waals surface area contributed by atoms with Crippen LogP contribution in [-0.4, -0.2) is 26.4 Å². The number of halogens is 1. The van der Waals surface area contributed by atoms with Crippen LogP contribution in [0, 0.1) is 20.8 Å². The van der Waals surface area contributed by atoms with Gasteiger partial charge in [0.05, 0.1) is 5.75 Å². The van der Waals surface area contributed by atoms with Crippen LogP contribution in [0.15, 0.2) is 58.2 Å². The van der Waals surface area contributed by atoms with Crippen molar-refractivity contribution < 1.29 is 9.53 Å². The Morgan fingerprint density at radius 3 is 2.62 bits per heavy atom. The molecule has 4 rings (SSSR count). The predicted octanol–water partition coefficient (Wildman–Crippen LogP) is 6.45. The molecule has 0 radical (unpaired) electrons. The molecule has 0 bridgehead atoms. The third kappa shape index (κ3) is 5.13. The fraction of sp³-hybridized carbons (Fsp3) is 0.269. The van der Waals surface area contributed by atoms with Crippen molar-refractivity contribution in [2.75, 3.05) is 11.1 Å². The maximum absolute atomic E-state index is 12.6. The molecule has 4 aromatic rings. The van der Waals surface area contributed by atoms with Crippen LogP contribution in [0.5, 0.6) is 5.75 Å². The van der Waals surface area contributed by atoms with Gasteiger partial charge in [-0.3, -0.25) is 4.79 Å². The lowest BCUT2D eigenvalue weighted by atomic mass is 10.0. The van der Waals surface area contributed by atoms with E-state index in [1.54, 1.807) is 0 Å². The molecule has 0 atom stereocenters. The molecule has 3 aromatic carbocycles. The zero-order chi connectivity index (χ0) is 24.2. The number of rotatable bonds is 8. The van der Waals surface area contributed by atoms with Crippen LogP contribution in [0.4, 0.5) is 5.69 Å². The lowest BCUT2D eigenvalue weighted by Gasteiger charge is -2.13. The number of amides is 1. The molecular formula is C26H27BrN4O2S. The summed E-state index contributed by atoms with van der Waals surface area (Å²) >= 11 is 4.90. The van der Waals surface area contributed by atoms with E-state index < -0.39 is 0 Å². The molecule has 1 aromatic heterocycles. The van der Waals surface area contributed by atoms with Gasteiger partial charge in [0, 0.05) is 16.7 Å². The van der Waals surface area contributed by atoms with E-state index >= 15 is 0 Å². The van der Waals surface area contributed by atoms with E-state index in [1.807, 2.05) is 55.7 Å². The van der Waals surface area contributed by atoms with Gasteiger partial charge >= 0.3 is 0 Å². The number of aryl methyl sites for hydroxylation is 1. The average molecular weight is 539 g/mol. The zero-order valence-corrected chi connectivity index (χ0v) is 22.1. The van der Waals surface area contributed by atoms with Crippen molar-refractivity contribution in [1.29, 1.82) is 0 Å². The maximum Gasteiger partial charge on any atom is 0.234 e. The Morgan fingerprint density at radius 2 is 1.82 bits per heavy atom. The fourth-order valence-electron chi connectivity index (χ4n) is 3.80. The van der Waals surface area contributed by atoms with Crippen molar-refractivity contribution in [3.8, 4) is 5.75 Å². The van der Waals surface area contributed by atoms with E-state index in [2.05, 4.69) is 56.6 Å². The second kappa shape index (κ2) is 10.6. The quantitative estimate of drug-likeness (QED) is 0.261. The maximum atomic E-state index is 12.6. The number of anilines is 1. The molecule has 0 aliphatic rings. The second-order valence-electron chi connectivity index (χ2n) is 8.02. The first kappa shape index (κ1) is 24.3. The highest BCUT2D eigenvalue weighted by Gasteiger charge is 2.15. The van der Waals surface area contributed by atoms with E-state index in [9.17, 15) is 4.79 Å². The fourth-order valence-corrected chi connectivity index (χ4v) is 5.05. The number of fused-ring (bicyclic) bond motifs is 1. The van der Waals surface area contributed by atoms with Gasteiger partial charge in [-0.05, 0) is 73.4 Å². The number of carbonyl (C=O) groups excluding carboxylic acids is 1. The highest BCUT2D eigenvalue weighted by molar-refractivity contribution is 9.10. The molecule has 1 amide bonds. The van der Waals surface area contributed by atoms with Gasteiger partial charge in [0.15, 0.2) is 11.0 Å². The van der Waals surface area contributed by atoms with Crippen LogP contribution < -0.4 is 10.1 Å². The molecular weight excluding hydrogens is 512 g/mol. The van der Waals surface area contributed by atoms with Crippen LogP contribution in [0.25, 0.3) is 10.8 Å². The van der Waals surface area contributed by atoms with Gasteiger partial charge in [0.25, 0.3) is 0 Å². The minimum Gasteiger partial charge on any atom is -0.485 e. The van der Waals surface area contributed by atoms with Crippen LogP contribution in [-0.2, 0) is 17.9 Å². The number of nitrogens with one attached hydrogen (secondary N) is 1. The van der Waals surface area contributed by atoms with Crippen molar-refractivity contribution in [2.45, 2.75) is 46.0 Å². The minimum absolute atomic E-state index is 0.0786. The molecule has 0 aliphatic heterocycles. The monoisotopic (exact) mass is 538 g/mol. The third-order valence-corrected chi connectivity index (χ3v) is 7.77. The lowest BCUT2D eigenvalue weighted by Crippen LogP contribution is -2.16. The van der Waals surface area contributed by atoms with Crippen molar-refractivity contribution in [3.63, 3.8) is 0 Å². The highest BCUT2D eigenvalue weighted by Crippen LogP contribution is 2.28. The Balaban J connectivity index is 1.40.